The van der Waals surface area contributed by atoms with Crippen molar-refractivity contribution in [3.8, 4) is 0 Å². The third-order valence-corrected chi connectivity index (χ3v) is 3.29. The quantitative estimate of drug-likeness (QED) is 0.660. The highest BCUT2D eigenvalue weighted by Gasteiger charge is 2.20. The molecule has 0 aromatic carbocycles. The molecule has 14 heavy (non-hydrogen) atoms. The van der Waals surface area contributed by atoms with Crippen molar-refractivity contribution in [1.29, 1.82) is 0 Å². The van der Waals surface area contributed by atoms with Crippen LogP contribution in [-0.2, 0) is 4.74 Å². The average molecular weight is 200 g/mol. The van der Waals surface area contributed by atoms with Gasteiger partial charge in [-0.2, -0.15) is 0 Å². The van der Waals surface area contributed by atoms with Gasteiger partial charge in [0.1, 0.15) is 0 Å². The average Bonchev–Trinajstić information content (AvgIpc) is 2.26. The lowest BCUT2D eigenvalue weighted by Gasteiger charge is -2.36. The van der Waals surface area contributed by atoms with Crippen LogP contribution in [0, 0.1) is 0 Å². The molecule has 1 aliphatic rings. The lowest BCUT2D eigenvalue weighted by atomic mass is 10.0. The standard InChI is InChI=1S/C11H24N2O/c1-4-12(2)11-5-7-13(8-6-11)9-10-14-3/h11H,4-10H2,1-3H3. The fourth-order valence-corrected chi connectivity index (χ4v) is 2.06. The zero-order valence-corrected chi connectivity index (χ0v) is 9.83. The van der Waals surface area contributed by atoms with Crippen molar-refractivity contribution in [2.45, 2.75) is 25.8 Å². The number of nitrogens with zero attached hydrogens (tertiary/aromatic N) is 2. The summed E-state index contributed by atoms with van der Waals surface area (Å²) in [6.07, 6.45) is 2.63. The topological polar surface area (TPSA) is 15.7 Å². The van der Waals surface area contributed by atoms with Crippen LogP contribution >= 0.6 is 0 Å². The summed E-state index contributed by atoms with van der Waals surface area (Å²) in [6, 6.07) is 0.804. The fourth-order valence-electron chi connectivity index (χ4n) is 2.06. The van der Waals surface area contributed by atoms with E-state index in [0.717, 1.165) is 19.2 Å². The largest absolute Gasteiger partial charge is 0.383 e. The molecule has 1 rings (SSSR count). The number of methoxy groups -OCH3 is 1. The molecule has 1 fully saturated rings. The van der Waals surface area contributed by atoms with Gasteiger partial charge < -0.3 is 14.5 Å². The van der Waals surface area contributed by atoms with Crippen LogP contribution < -0.4 is 0 Å². The van der Waals surface area contributed by atoms with E-state index in [1.807, 2.05) is 0 Å². The molecule has 3 heteroatoms. The Morgan fingerprint density at radius 2 is 2.00 bits per heavy atom. The van der Waals surface area contributed by atoms with Gasteiger partial charge in [-0.25, -0.2) is 0 Å². The van der Waals surface area contributed by atoms with Crippen LogP contribution in [-0.4, -0.2) is 62.8 Å². The van der Waals surface area contributed by atoms with E-state index in [9.17, 15) is 0 Å². The lowest BCUT2D eigenvalue weighted by Crippen LogP contribution is -2.44. The maximum atomic E-state index is 5.09. The number of rotatable bonds is 5. The zero-order valence-electron chi connectivity index (χ0n) is 9.83. The zero-order chi connectivity index (χ0) is 10.4. The monoisotopic (exact) mass is 200 g/mol. The third kappa shape index (κ3) is 3.56. The Labute approximate surface area is 88.0 Å². The van der Waals surface area contributed by atoms with Crippen LogP contribution in [0.4, 0.5) is 0 Å². The highest BCUT2D eigenvalue weighted by molar-refractivity contribution is 4.77. The maximum Gasteiger partial charge on any atom is 0.0589 e. The van der Waals surface area contributed by atoms with Crippen molar-refractivity contribution >= 4 is 0 Å². The highest BCUT2D eigenvalue weighted by Crippen LogP contribution is 2.14. The van der Waals surface area contributed by atoms with Crippen LogP contribution in [0.25, 0.3) is 0 Å². The maximum absolute atomic E-state index is 5.09. The molecular weight excluding hydrogens is 176 g/mol. The van der Waals surface area contributed by atoms with Gasteiger partial charge in [-0.05, 0) is 39.5 Å². The Balaban J connectivity index is 2.17. The molecule has 1 saturated heterocycles. The first-order chi connectivity index (χ1) is 6.77. The summed E-state index contributed by atoms with van der Waals surface area (Å²) in [5, 5.41) is 0. The summed E-state index contributed by atoms with van der Waals surface area (Å²) in [7, 11) is 4.01. The molecule has 0 aromatic heterocycles. The molecule has 0 bridgehead atoms. The minimum atomic E-state index is 0.804. The predicted molar refractivity (Wildman–Crippen MR) is 59.6 cm³/mol. The van der Waals surface area contributed by atoms with E-state index < -0.39 is 0 Å². The Morgan fingerprint density at radius 3 is 2.50 bits per heavy atom. The van der Waals surface area contributed by atoms with Gasteiger partial charge in [0.15, 0.2) is 0 Å². The fraction of sp³-hybridized carbons (Fsp3) is 1.00. The van der Waals surface area contributed by atoms with Crippen LogP contribution in [0.1, 0.15) is 19.8 Å². The second-order valence-corrected chi connectivity index (χ2v) is 4.14. The Kier molecular flexibility index (Phi) is 5.45. The van der Waals surface area contributed by atoms with Crippen molar-refractivity contribution < 1.29 is 4.74 Å². The molecule has 0 atom stereocenters. The summed E-state index contributed by atoms with van der Waals surface area (Å²) in [5.41, 5.74) is 0. The van der Waals surface area contributed by atoms with Crippen LogP contribution in [0.5, 0.6) is 0 Å². The lowest BCUT2D eigenvalue weighted by molar-refractivity contribution is 0.0995. The summed E-state index contributed by atoms with van der Waals surface area (Å²) in [4.78, 5) is 4.97. The van der Waals surface area contributed by atoms with E-state index in [1.165, 1.54) is 32.5 Å². The molecule has 0 aromatic rings. The van der Waals surface area contributed by atoms with Crippen molar-refractivity contribution in [3.63, 3.8) is 0 Å². The minimum Gasteiger partial charge on any atom is -0.383 e. The first-order valence-electron chi connectivity index (χ1n) is 5.69. The second kappa shape index (κ2) is 6.38. The Bertz CT molecular complexity index is 144. The molecule has 0 N–H and O–H groups in total. The summed E-state index contributed by atoms with van der Waals surface area (Å²) in [6.45, 7) is 7.84. The number of likely N-dealkylation sites (tertiary alicyclic amines) is 1. The molecule has 0 amide bonds. The van der Waals surface area contributed by atoms with Gasteiger partial charge in [0.2, 0.25) is 0 Å². The number of piperidine rings is 1. The number of ether oxygens (including phenoxy) is 1. The van der Waals surface area contributed by atoms with Crippen molar-refractivity contribution in [1.82, 2.24) is 9.80 Å². The van der Waals surface area contributed by atoms with Gasteiger partial charge in [-0.15, -0.1) is 0 Å². The molecule has 0 aliphatic carbocycles. The van der Waals surface area contributed by atoms with Gasteiger partial charge >= 0.3 is 0 Å². The predicted octanol–water partition coefficient (Wildman–Crippen LogP) is 1.05. The van der Waals surface area contributed by atoms with Gasteiger partial charge in [0, 0.05) is 19.7 Å². The van der Waals surface area contributed by atoms with Crippen molar-refractivity contribution in [2.24, 2.45) is 0 Å². The molecular formula is C11H24N2O. The second-order valence-electron chi connectivity index (χ2n) is 4.14. The molecule has 0 unspecified atom stereocenters. The van der Waals surface area contributed by atoms with E-state index in [1.54, 1.807) is 7.11 Å². The number of hydrogen-bond donors (Lipinski definition) is 0. The van der Waals surface area contributed by atoms with E-state index in [4.69, 9.17) is 4.74 Å². The van der Waals surface area contributed by atoms with Crippen LogP contribution in [0.3, 0.4) is 0 Å². The normalized spacial score (nSPS) is 20.6. The summed E-state index contributed by atoms with van der Waals surface area (Å²) < 4.78 is 5.09. The number of hydrogen-bond acceptors (Lipinski definition) is 3. The van der Waals surface area contributed by atoms with Gasteiger partial charge in [0.05, 0.1) is 6.61 Å². The molecule has 84 valence electrons. The van der Waals surface area contributed by atoms with Crippen molar-refractivity contribution in [3.05, 3.63) is 0 Å². The molecule has 1 aliphatic heterocycles. The van der Waals surface area contributed by atoms with Crippen LogP contribution in [0.15, 0.2) is 0 Å². The molecule has 1 heterocycles. The summed E-state index contributed by atoms with van der Waals surface area (Å²) in [5.74, 6) is 0. The van der Waals surface area contributed by atoms with E-state index in [2.05, 4.69) is 23.8 Å². The van der Waals surface area contributed by atoms with Gasteiger partial charge in [-0.1, -0.05) is 6.92 Å². The minimum absolute atomic E-state index is 0.804. The summed E-state index contributed by atoms with van der Waals surface area (Å²) >= 11 is 0. The first-order valence-corrected chi connectivity index (χ1v) is 5.69. The SMILES string of the molecule is CCN(C)C1CCN(CCOC)CC1. The van der Waals surface area contributed by atoms with Gasteiger partial charge in [0.25, 0.3) is 0 Å². The highest BCUT2D eigenvalue weighted by atomic mass is 16.5. The van der Waals surface area contributed by atoms with Crippen LogP contribution in [0.2, 0.25) is 0 Å². The molecule has 0 spiro atoms. The third-order valence-electron chi connectivity index (χ3n) is 3.29. The first kappa shape index (κ1) is 12.0. The smallest absolute Gasteiger partial charge is 0.0589 e. The Hall–Kier alpha value is -0.120. The van der Waals surface area contributed by atoms with Gasteiger partial charge in [-0.3, -0.25) is 0 Å². The molecule has 3 nitrogen and oxygen atoms in total. The molecule has 0 saturated carbocycles. The van der Waals surface area contributed by atoms with Crippen molar-refractivity contribution in [2.75, 3.05) is 46.9 Å². The Morgan fingerprint density at radius 1 is 1.36 bits per heavy atom. The van der Waals surface area contributed by atoms with E-state index in [-0.39, 0.29) is 0 Å². The van der Waals surface area contributed by atoms with E-state index >= 15 is 0 Å². The van der Waals surface area contributed by atoms with E-state index in [0.29, 0.717) is 0 Å². The molecule has 0 radical (unpaired) electrons.